The number of amides is 1. The topological polar surface area (TPSA) is 189 Å². The van der Waals surface area contributed by atoms with Crippen molar-refractivity contribution >= 4 is 44.6 Å². The number of carboxylic acids is 1. The van der Waals surface area contributed by atoms with Crippen molar-refractivity contribution in [3.8, 4) is 5.75 Å². The molecule has 186 valence electrons. The zero-order valence-corrected chi connectivity index (χ0v) is 20.1. The van der Waals surface area contributed by atoms with Gasteiger partial charge in [-0.15, -0.1) is 11.3 Å². The number of carbonyl (C=O) groups is 2. The molecule has 34 heavy (non-hydrogen) atoms. The average Bonchev–Trinajstić information content (AvgIpc) is 3.23. The third-order valence-electron chi connectivity index (χ3n) is 5.11. The second-order valence-corrected chi connectivity index (χ2v) is 10.3. The van der Waals surface area contributed by atoms with Gasteiger partial charge in [-0.25, -0.2) is 13.2 Å². The molecule has 3 rings (SSSR count). The lowest BCUT2D eigenvalue weighted by Crippen LogP contribution is -2.46. The van der Waals surface area contributed by atoms with Crippen LogP contribution in [0.2, 0.25) is 0 Å². The molecule has 1 aliphatic rings. The molecule has 0 saturated carbocycles. The van der Waals surface area contributed by atoms with Crippen LogP contribution in [-0.2, 0) is 14.8 Å². The highest BCUT2D eigenvalue weighted by atomic mass is 32.2. The standard InChI is InChI=1S/C20H28N6O6S2/c1-26-8-9-32-16-11-12(4-5-15(16)26)34(30,31)25-13-6-10-33-17(13)18(27)24-14(19(28)29)3-2-7-23-20(21)22/h4-6,10-11,14,20,23,25H,2-3,7-9,21-22H2,1H3,(H,24,27)(H,28,29)/t14-/m0/s1. The van der Waals surface area contributed by atoms with Crippen molar-refractivity contribution < 1.29 is 27.9 Å². The van der Waals surface area contributed by atoms with E-state index in [4.69, 9.17) is 16.2 Å². The summed E-state index contributed by atoms with van der Waals surface area (Å²) in [5.74, 6) is -1.45. The van der Waals surface area contributed by atoms with Gasteiger partial charge in [-0.05, 0) is 43.0 Å². The van der Waals surface area contributed by atoms with E-state index in [0.717, 1.165) is 17.0 Å². The molecule has 2 heterocycles. The molecule has 8 N–H and O–H groups in total. The van der Waals surface area contributed by atoms with Gasteiger partial charge < -0.3 is 31.5 Å². The minimum atomic E-state index is -4.03. The van der Waals surface area contributed by atoms with Gasteiger partial charge >= 0.3 is 5.97 Å². The summed E-state index contributed by atoms with van der Waals surface area (Å²) >= 11 is 0.994. The lowest BCUT2D eigenvalue weighted by atomic mass is 10.1. The first kappa shape index (κ1) is 25.7. The Morgan fingerprint density at radius 3 is 2.76 bits per heavy atom. The molecule has 1 amide bonds. The Labute approximate surface area is 201 Å². The number of carbonyl (C=O) groups excluding carboxylic acids is 1. The fourth-order valence-electron chi connectivity index (χ4n) is 3.33. The van der Waals surface area contributed by atoms with E-state index in [1.807, 2.05) is 11.9 Å². The Bertz CT molecular complexity index is 1140. The highest BCUT2D eigenvalue weighted by Crippen LogP contribution is 2.34. The predicted octanol–water partition coefficient (Wildman–Crippen LogP) is 0.131. The van der Waals surface area contributed by atoms with Gasteiger partial charge in [-0.1, -0.05) is 0 Å². The van der Waals surface area contributed by atoms with Crippen molar-refractivity contribution in [1.82, 2.24) is 10.6 Å². The smallest absolute Gasteiger partial charge is 0.326 e. The molecule has 0 fully saturated rings. The number of benzene rings is 1. The van der Waals surface area contributed by atoms with E-state index in [0.29, 0.717) is 31.9 Å². The first-order valence-electron chi connectivity index (χ1n) is 10.4. The fourth-order valence-corrected chi connectivity index (χ4v) is 5.23. The molecule has 0 spiro atoms. The number of nitrogens with one attached hydrogen (secondary N) is 3. The van der Waals surface area contributed by atoms with Crippen molar-refractivity contribution in [1.29, 1.82) is 0 Å². The van der Waals surface area contributed by atoms with E-state index in [-0.39, 0.29) is 21.9 Å². The van der Waals surface area contributed by atoms with Gasteiger partial charge in [0.05, 0.1) is 22.8 Å². The number of anilines is 2. The molecule has 1 aromatic heterocycles. The molecule has 1 atom stereocenters. The number of ether oxygens (including phenoxy) is 1. The molecule has 0 unspecified atom stereocenters. The van der Waals surface area contributed by atoms with Crippen LogP contribution in [-0.4, -0.2) is 64.5 Å². The van der Waals surface area contributed by atoms with Crippen LogP contribution >= 0.6 is 11.3 Å². The number of nitrogens with two attached hydrogens (primary N) is 2. The van der Waals surface area contributed by atoms with Crippen LogP contribution in [0.3, 0.4) is 0 Å². The monoisotopic (exact) mass is 512 g/mol. The summed E-state index contributed by atoms with van der Waals surface area (Å²) in [5.41, 5.74) is 11.6. The lowest BCUT2D eigenvalue weighted by molar-refractivity contribution is -0.139. The molecular formula is C20H28N6O6S2. The fraction of sp³-hybridized carbons (Fsp3) is 0.400. The normalized spacial score (nSPS) is 14.3. The lowest BCUT2D eigenvalue weighted by Gasteiger charge is -2.27. The number of thiophene rings is 1. The van der Waals surface area contributed by atoms with Crippen LogP contribution in [0, 0.1) is 0 Å². The summed E-state index contributed by atoms with van der Waals surface area (Å²) < 4.78 is 33.9. The zero-order valence-electron chi connectivity index (χ0n) is 18.5. The molecule has 2 aromatic rings. The Kier molecular flexibility index (Phi) is 8.33. The highest BCUT2D eigenvalue weighted by molar-refractivity contribution is 7.92. The van der Waals surface area contributed by atoms with Crippen molar-refractivity contribution in [2.24, 2.45) is 11.5 Å². The summed E-state index contributed by atoms with van der Waals surface area (Å²) in [6.07, 6.45) is -0.180. The maximum absolute atomic E-state index is 13.0. The molecule has 0 bridgehead atoms. The molecule has 12 nitrogen and oxygen atoms in total. The summed E-state index contributed by atoms with van der Waals surface area (Å²) in [6, 6.07) is 4.84. The highest BCUT2D eigenvalue weighted by Gasteiger charge is 2.26. The number of carboxylic acid groups (broad SMARTS) is 1. The van der Waals surface area contributed by atoms with Crippen LogP contribution in [0.15, 0.2) is 34.5 Å². The molecule has 0 aliphatic carbocycles. The number of nitrogens with zero attached hydrogens (tertiary/aromatic N) is 1. The van der Waals surface area contributed by atoms with Crippen LogP contribution in [0.25, 0.3) is 0 Å². The van der Waals surface area contributed by atoms with Crippen LogP contribution in [0.4, 0.5) is 11.4 Å². The maximum Gasteiger partial charge on any atom is 0.326 e. The summed E-state index contributed by atoms with van der Waals surface area (Å²) in [7, 11) is -2.14. The summed E-state index contributed by atoms with van der Waals surface area (Å²) in [5, 5.41) is 16.2. The van der Waals surface area contributed by atoms with Gasteiger partial charge in [-0.3, -0.25) is 14.8 Å². The van der Waals surface area contributed by atoms with E-state index in [1.54, 1.807) is 11.4 Å². The third kappa shape index (κ3) is 6.36. The summed E-state index contributed by atoms with van der Waals surface area (Å²) in [4.78, 5) is 26.3. The van der Waals surface area contributed by atoms with Crippen LogP contribution in [0.1, 0.15) is 22.5 Å². The molecule has 0 radical (unpaired) electrons. The Morgan fingerprint density at radius 1 is 1.29 bits per heavy atom. The quantitative estimate of drug-likeness (QED) is 0.178. The van der Waals surface area contributed by atoms with Crippen molar-refractivity contribution in [2.75, 3.05) is 36.4 Å². The first-order chi connectivity index (χ1) is 16.1. The van der Waals surface area contributed by atoms with E-state index in [1.165, 1.54) is 18.2 Å². The second kappa shape index (κ2) is 11.0. The largest absolute Gasteiger partial charge is 0.490 e. The summed E-state index contributed by atoms with van der Waals surface area (Å²) in [6.45, 7) is 1.51. The van der Waals surface area contributed by atoms with Crippen LogP contribution < -0.4 is 36.5 Å². The van der Waals surface area contributed by atoms with Crippen molar-refractivity contribution in [3.63, 3.8) is 0 Å². The van der Waals surface area contributed by atoms with Crippen molar-refractivity contribution in [3.05, 3.63) is 34.5 Å². The van der Waals surface area contributed by atoms with E-state index < -0.39 is 34.2 Å². The number of hydrogen-bond acceptors (Lipinski definition) is 10. The molecular weight excluding hydrogens is 484 g/mol. The number of sulfonamides is 1. The number of hydrogen-bond donors (Lipinski definition) is 6. The van der Waals surface area contributed by atoms with Crippen LogP contribution in [0.5, 0.6) is 5.75 Å². The zero-order chi connectivity index (χ0) is 24.9. The predicted molar refractivity (Wildman–Crippen MR) is 129 cm³/mol. The number of likely N-dealkylation sites (N-methyl/N-ethyl adjacent to an activating group) is 1. The Balaban J connectivity index is 1.70. The minimum Gasteiger partial charge on any atom is -0.490 e. The molecule has 1 aliphatic heterocycles. The van der Waals surface area contributed by atoms with Gasteiger partial charge in [-0.2, -0.15) is 0 Å². The maximum atomic E-state index is 13.0. The number of aliphatic carboxylic acids is 1. The first-order valence-corrected chi connectivity index (χ1v) is 12.8. The molecule has 14 heteroatoms. The Hall–Kier alpha value is -2.91. The van der Waals surface area contributed by atoms with E-state index >= 15 is 0 Å². The minimum absolute atomic E-state index is 0.0202. The van der Waals surface area contributed by atoms with Crippen molar-refractivity contribution in [2.45, 2.75) is 30.1 Å². The Morgan fingerprint density at radius 2 is 2.06 bits per heavy atom. The molecule has 0 saturated heterocycles. The SMILES string of the molecule is CN1CCOc2cc(S(=O)(=O)Nc3ccsc3C(=O)N[C@@H](CCCNC(N)N)C(=O)O)ccc21. The van der Waals surface area contributed by atoms with Gasteiger partial charge in [0.1, 0.15) is 29.6 Å². The number of fused-ring (bicyclic) bond motifs is 1. The van der Waals surface area contributed by atoms with E-state index in [9.17, 15) is 23.1 Å². The average molecular weight is 513 g/mol. The second-order valence-electron chi connectivity index (χ2n) is 7.65. The van der Waals surface area contributed by atoms with Gasteiger partial charge in [0.15, 0.2) is 0 Å². The van der Waals surface area contributed by atoms with Gasteiger partial charge in [0.25, 0.3) is 15.9 Å². The third-order valence-corrected chi connectivity index (χ3v) is 7.38. The number of rotatable bonds is 11. The molecule has 1 aromatic carbocycles. The van der Waals surface area contributed by atoms with Gasteiger partial charge in [0.2, 0.25) is 0 Å². The van der Waals surface area contributed by atoms with Gasteiger partial charge in [0, 0.05) is 13.1 Å². The van der Waals surface area contributed by atoms with E-state index in [2.05, 4.69) is 15.4 Å².